The van der Waals surface area contributed by atoms with Gasteiger partial charge in [0.1, 0.15) is 0 Å². The highest BCUT2D eigenvalue weighted by molar-refractivity contribution is 4.95. The summed E-state index contributed by atoms with van der Waals surface area (Å²) >= 11 is 0. The molecule has 0 aromatic carbocycles. The van der Waals surface area contributed by atoms with E-state index in [4.69, 9.17) is 0 Å². The number of allylic oxidation sites excluding steroid dienone is 2. The van der Waals surface area contributed by atoms with Gasteiger partial charge in [0.2, 0.25) is 0 Å². The minimum absolute atomic E-state index is 0.634. The van der Waals surface area contributed by atoms with Crippen LogP contribution in [0.2, 0.25) is 0 Å². The van der Waals surface area contributed by atoms with Crippen molar-refractivity contribution in [3.8, 4) is 0 Å². The first kappa shape index (κ1) is 6.85. The lowest BCUT2D eigenvalue weighted by Crippen LogP contribution is -2.15. The SMILES string of the molecule is CCC1(C)CC=CCC1. The Kier molecular flexibility index (Phi) is 1.94. The molecule has 1 atom stereocenters. The summed E-state index contributed by atoms with van der Waals surface area (Å²) in [5.41, 5.74) is 0.634. The van der Waals surface area contributed by atoms with Crippen molar-refractivity contribution in [1.29, 1.82) is 0 Å². The van der Waals surface area contributed by atoms with Crippen LogP contribution < -0.4 is 0 Å². The Labute approximate surface area is 58.0 Å². The first-order valence-electron chi connectivity index (χ1n) is 3.92. The molecule has 1 rings (SSSR count). The molecule has 52 valence electrons. The second kappa shape index (κ2) is 2.55. The summed E-state index contributed by atoms with van der Waals surface area (Å²) in [4.78, 5) is 0. The third-order valence-electron chi connectivity index (χ3n) is 2.55. The highest BCUT2D eigenvalue weighted by Crippen LogP contribution is 2.34. The smallest absolute Gasteiger partial charge is 0.0291 e. The van der Waals surface area contributed by atoms with Crippen molar-refractivity contribution < 1.29 is 0 Å². The van der Waals surface area contributed by atoms with Crippen LogP contribution >= 0.6 is 0 Å². The molecule has 0 heteroatoms. The van der Waals surface area contributed by atoms with Crippen molar-refractivity contribution in [2.45, 2.75) is 39.5 Å². The van der Waals surface area contributed by atoms with Gasteiger partial charge in [-0.05, 0) is 24.7 Å². The van der Waals surface area contributed by atoms with Crippen molar-refractivity contribution in [1.82, 2.24) is 0 Å². The fraction of sp³-hybridized carbons (Fsp3) is 0.778. The molecule has 0 saturated heterocycles. The molecule has 0 spiro atoms. The van der Waals surface area contributed by atoms with E-state index in [-0.39, 0.29) is 0 Å². The van der Waals surface area contributed by atoms with Crippen LogP contribution in [0.25, 0.3) is 0 Å². The molecular formula is C9H16. The lowest BCUT2D eigenvalue weighted by molar-refractivity contribution is 0.281. The van der Waals surface area contributed by atoms with Crippen LogP contribution in [0, 0.1) is 5.41 Å². The van der Waals surface area contributed by atoms with E-state index < -0.39 is 0 Å². The molecule has 0 amide bonds. The Hall–Kier alpha value is -0.260. The minimum Gasteiger partial charge on any atom is -0.0885 e. The second-order valence-corrected chi connectivity index (χ2v) is 3.38. The van der Waals surface area contributed by atoms with Crippen molar-refractivity contribution in [2.75, 3.05) is 0 Å². The molecule has 0 heterocycles. The van der Waals surface area contributed by atoms with Gasteiger partial charge in [-0.15, -0.1) is 0 Å². The molecule has 0 aliphatic heterocycles. The fourth-order valence-electron chi connectivity index (χ4n) is 1.34. The Bertz CT molecular complexity index is 113. The molecule has 0 aromatic rings. The molecule has 0 fully saturated rings. The molecule has 0 saturated carbocycles. The normalized spacial score (nSPS) is 34.9. The van der Waals surface area contributed by atoms with Crippen molar-refractivity contribution in [3.63, 3.8) is 0 Å². The van der Waals surface area contributed by atoms with E-state index in [1.54, 1.807) is 0 Å². The van der Waals surface area contributed by atoms with Gasteiger partial charge >= 0.3 is 0 Å². The predicted molar refractivity (Wildman–Crippen MR) is 41.4 cm³/mol. The summed E-state index contributed by atoms with van der Waals surface area (Å²) in [7, 11) is 0. The van der Waals surface area contributed by atoms with Crippen molar-refractivity contribution in [2.24, 2.45) is 5.41 Å². The van der Waals surface area contributed by atoms with E-state index in [0.29, 0.717) is 5.41 Å². The summed E-state index contributed by atoms with van der Waals surface area (Å²) in [6.45, 7) is 4.68. The summed E-state index contributed by atoms with van der Waals surface area (Å²) in [5.74, 6) is 0. The first-order valence-corrected chi connectivity index (χ1v) is 3.92. The number of rotatable bonds is 1. The first-order chi connectivity index (χ1) is 4.27. The molecule has 0 bridgehead atoms. The van der Waals surface area contributed by atoms with Gasteiger partial charge in [0, 0.05) is 0 Å². The Morgan fingerprint density at radius 2 is 2.22 bits per heavy atom. The van der Waals surface area contributed by atoms with Gasteiger partial charge in [-0.1, -0.05) is 32.4 Å². The van der Waals surface area contributed by atoms with E-state index in [2.05, 4.69) is 26.0 Å². The van der Waals surface area contributed by atoms with Crippen LogP contribution in [-0.4, -0.2) is 0 Å². The molecule has 1 aliphatic carbocycles. The maximum atomic E-state index is 2.39. The zero-order valence-corrected chi connectivity index (χ0v) is 6.48. The van der Waals surface area contributed by atoms with Gasteiger partial charge in [0.25, 0.3) is 0 Å². The van der Waals surface area contributed by atoms with E-state index in [9.17, 15) is 0 Å². The zero-order valence-electron chi connectivity index (χ0n) is 6.48. The number of hydrogen-bond acceptors (Lipinski definition) is 0. The van der Waals surface area contributed by atoms with E-state index in [1.807, 2.05) is 0 Å². The highest BCUT2D eigenvalue weighted by Gasteiger charge is 2.21. The van der Waals surface area contributed by atoms with Gasteiger partial charge in [0.05, 0.1) is 0 Å². The van der Waals surface area contributed by atoms with Crippen molar-refractivity contribution in [3.05, 3.63) is 12.2 Å². The topological polar surface area (TPSA) is 0 Å². The van der Waals surface area contributed by atoms with E-state index in [1.165, 1.54) is 25.7 Å². The van der Waals surface area contributed by atoms with E-state index >= 15 is 0 Å². The summed E-state index contributed by atoms with van der Waals surface area (Å²) in [5, 5.41) is 0. The Morgan fingerprint density at radius 1 is 1.44 bits per heavy atom. The van der Waals surface area contributed by atoms with Gasteiger partial charge in [-0.3, -0.25) is 0 Å². The van der Waals surface area contributed by atoms with Crippen LogP contribution in [0.15, 0.2) is 12.2 Å². The van der Waals surface area contributed by atoms with Gasteiger partial charge in [-0.2, -0.15) is 0 Å². The Balaban J connectivity index is 2.50. The van der Waals surface area contributed by atoms with Crippen LogP contribution in [0.4, 0.5) is 0 Å². The quantitative estimate of drug-likeness (QED) is 0.471. The van der Waals surface area contributed by atoms with Crippen LogP contribution in [0.3, 0.4) is 0 Å². The molecule has 0 radical (unpaired) electrons. The summed E-state index contributed by atoms with van der Waals surface area (Å²) < 4.78 is 0. The van der Waals surface area contributed by atoms with Crippen LogP contribution in [0.5, 0.6) is 0 Å². The monoisotopic (exact) mass is 124 g/mol. The summed E-state index contributed by atoms with van der Waals surface area (Å²) in [6.07, 6.45) is 9.94. The average molecular weight is 124 g/mol. The summed E-state index contributed by atoms with van der Waals surface area (Å²) in [6, 6.07) is 0. The predicted octanol–water partition coefficient (Wildman–Crippen LogP) is 3.14. The third kappa shape index (κ3) is 1.57. The molecule has 0 aromatic heterocycles. The molecular weight excluding hydrogens is 108 g/mol. The number of hydrogen-bond donors (Lipinski definition) is 0. The molecule has 1 aliphatic rings. The van der Waals surface area contributed by atoms with Crippen LogP contribution in [0.1, 0.15) is 39.5 Å². The lowest BCUT2D eigenvalue weighted by atomic mass is 9.77. The van der Waals surface area contributed by atoms with Gasteiger partial charge in [-0.25, -0.2) is 0 Å². The van der Waals surface area contributed by atoms with E-state index in [0.717, 1.165) is 0 Å². The lowest BCUT2D eigenvalue weighted by Gasteiger charge is -2.28. The highest BCUT2D eigenvalue weighted by atomic mass is 14.3. The molecule has 1 unspecified atom stereocenters. The molecule has 0 nitrogen and oxygen atoms in total. The second-order valence-electron chi connectivity index (χ2n) is 3.38. The van der Waals surface area contributed by atoms with Crippen LogP contribution in [-0.2, 0) is 0 Å². The molecule has 9 heavy (non-hydrogen) atoms. The van der Waals surface area contributed by atoms with Crippen molar-refractivity contribution >= 4 is 0 Å². The Morgan fingerprint density at radius 3 is 2.56 bits per heavy atom. The van der Waals surface area contributed by atoms with Gasteiger partial charge < -0.3 is 0 Å². The largest absolute Gasteiger partial charge is 0.0885 e. The zero-order chi connectivity index (χ0) is 6.74. The average Bonchev–Trinajstić information content (AvgIpc) is 1.90. The standard InChI is InChI=1S/C9H16/c1-3-9(2)7-5-4-6-8-9/h4-5H,3,6-8H2,1-2H3. The fourth-order valence-corrected chi connectivity index (χ4v) is 1.34. The maximum absolute atomic E-state index is 2.39. The maximum Gasteiger partial charge on any atom is -0.0291 e. The third-order valence-corrected chi connectivity index (χ3v) is 2.55. The molecule has 0 N–H and O–H groups in total. The minimum atomic E-state index is 0.634. The van der Waals surface area contributed by atoms with Gasteiger partial charge in [0.15, 0.2) is 0 Å².